The van der Waals surface area contributed by atoms with Gasteiger partial charge >= 0.3 is 0 Å². The first-order chi connectivity index (χ1) is 10.3. The van der Waals surface area contributed by atoms with Crippen LogP contribution in [0.1, 0.15) is 36.8 Å². The van der Waals surface area contributed by atoms with Gasteiger partial charge in [0.15, 0.2) is 0 Å². The van der Waals surface area contributed by atoms with Gasteiger partial charge in [0.25, 0.3) is 0 Å². The van der Waals surface area contributed by atoms with Crippen molar-refractivity contribution in [3.8, 4) is 0 Å². The van der Waals surface area contributed by atoms with Crippen molar-refractivity contribution in [3.05, 3.63) is 53.9 Å². The number of rotatable bonds is 5. The Balaban J connectivity index is 1.59. The number of hydrogen-bond acceptors (Lipinski definition) is 2. The topological polar surface area (TPSA) is 21.1 Å². The third kappa shape index (κ3) is 3.94. The Hall–Kier alpha value is -1.61. The second kappa shape index (κ2) is 6.90. The minimum atomic E-state index is 0.721. The number of aromatic nitrogens is 2. The summed E-state index contributed by atoms with van der Waals surface area (Å²) in [7, 11) is 1.99. The van der Waals surface area contributed by atoms with Crippen LogP contribution in [0.25, 0.3) is 0 Å². The largest absolute Gasteiger partial charge is 0.296 e. The molecule has 0 N–H and O–H groups in total. The molecule has 2 heterocycles. The van der Waals surface area contributed by atoms with Crippen LogP contribution in [0.2, 0.25) is 0 Å². The van der Waals surface area contributed by atoms with E-state index < -0.39 is 0 Å². The standard InChI is InChI=1S/C18H25N3/c1-20-14-17(13-19-20)15-21-12-6-5-9-18(21)11-10-16-7-3-2-4-8-16/h2-4,7-8,13-14,18H,5-6,9-12,15H2,1H3/t18-/m1/s1. The maximum absolute atomic E-state index is 4.29. The third-order valence-electron chi connectivity index (χ3n) is 4.50. The van der Waals surface area contributed by atoms with Crippen molar-refractivity contribution in [1.82, 2.24) is 14.7 Å². The second-order valence-electron chi connectivity index (χ2n) is 6.17. The molecule has 1 aliphatic rings. The van der Waals surface area contributed by atoms with Gasteiger partial charge < -0.3 is 0 Å². The monoisotopic (exact) mass is 283 g/mol. The number of benzene rings is 1. The minimum Gasteiger partial charge on any atom is -0.296 e. The molecule has 1 aromatic carbocycles. The highest BCUT2D eigenvalue weighted by Gasteiger charge is 2.22. The zero-order chi connectivity index (χ0) is 14.5. The Labute approximate surface area is 127 Å². The lowest BCUT2D eigenvalue weighted by Crippen LogP contribution is -2.39. The van der Waals surface area contributed by atoms with Crippen molar-refractivity contribution in [2.45, 2.75) is 44.7 Å². The molecular formula is C18H25N3. The summed E-state index contributed by atoms with van der Waals surface area (Å²) >= 11 is 0. The van der Waals surface area contributed by atoms with Crippen LogP contribution in [0.3, 0.4) is 0 Å². The fourth-order valence-corrected chi connectivity index (χ4v) is 3.36. The van der Waals surface area contributed by atoms with Gasteiger partial charge in [-0.3, -0.25) is 9.58 Å². The molecule has 21 heavy (non-hydrogen) atoms. The molecule has 1 atom stereocenters. The van der Waals surface area contributed by atoms with E-state index in [-0.39, 0.29) is 0 Å². The lowest BCUT2D eigenvalue weighted by Gasteiger charge is -2.35. The fraction of sp³-hybridized carbons (Fsp3) is 0.500. The molecule has 2 aromatic rings. The van der Waals surface area contributed by atoms with E-state index in [9.17, 15) is 0 Å². The number of hydrogen-bond donors (Lipinski definition) is 0. The van der Waals surface area contributed by atoms with E-state index in [0.717, 1.165) is 12.6 Å². The highest BCUT2D eigenvalue weighted by Crippen LogP contribution is 2.23. The lowest BCUT2D eigenvalue weighted by atomic mass is 9.95. The summed E-state index contributed by atoms with van der Waals surface area (Å²) in [5.74, 6) is 0. The van der Waals surface area contributed by atoms with Crippen molar-refractivity contribution < 1.29 is 0 Å². The maximum Gasteiger partial charge on any atom is 0.0534 e. The predicted octanol–water partition coefficient (Wildman–Crippen LogP) is 3.41. The molecule has 0 bridgehead atoms. The lowest BCUT2D eigenvalue weighted by molar-refractivity contribution is 0.132. The third-order valence-corrected chi connectivity index (χ3v) is 4.50. The molecule has 0 amide bonds. The van der Waals surface area contributed by atoms with Crippen LogP contribution in [0.15, 0.2) is 42.7 Å². The van der Waals surface area contributed by atoms with Crippen LogP contribution in [-0.2, 0) is 20.0 Å². The molecule has 0 unspecified atom stereocenters. The Kier molecular flexibility index (Phi) is 4.71. The first kappa shape index (κ1) is 14.3. The zero-order valence-electron chi connectivity index (χ0n) is 12.9. The second-order valence-corrected chi connectivity index (χ2v) is 6.17. The van der Waals surface area contributed by atoms with Crippen molar-refractivity contribution in [3.63, 3.8) is 0 Å². The maximum atomic E-state index is 4.29. The number of nitrogens with zero attached hydrogens (tertiary/aromatic N) is 3. The molecule has 0 radical (unpaired) electrons. The molecule has 3 nitrogen and oxygen atoms in total. The van der Waals surface area contributed by atoms with E-state index in [1.165, 1.54) is 49.8 Å². The molecule has 1 saturated heterocycles. The van der Waals surface area contributed by atoms with Crippen LogP contribution in [0, 0.1) is 0 Å². The Morgan fingerprint density at radius 3 is 2.76 bits per heavy atom. The summed E-state index contributed by atoms with van der Waals surface area (Å²) in [4.78, 5) is 2.66. The van der Waals surface area contributed by atoms with Crippen LogP contribution < -0.4 is 0 Å². The highest BCUT2D eigenvalue weighted by molar-refractivity contribution is 5.15. The first-order valence-corrected chi connectivity index (χ1v) is 8.07. The van der Waals surface area contributed by atoms with Gasteiger partial charge in [0.2, 0.25) is 0 Å². The van der Waals surface area contributed by atoms with E-state index in [1.807, 2.05) is 17.9 Å². The van der Waals surface area contributed by atoms with Gasteiger partial charge in [0, 0.05) is 31.4 Å². The fourth-order valence-electron chi connectivity index (χ4n) is 3.36. The van der Waals surface area contributed by atoms with Gasteiger partial charge in [0.05, 0.1) is 6.20 Å². The molecule has 0 saturated carbocycles. The average Bonchev–Trinajstić information content (AvgIpc) is 2.93. The van der Waals surface area contributed by atoms with Crippen molar-refractivity contribution in [1.29, 1.82) is 0 Å². The average molecular weight is 283 g/mol. The molecule has 3 heteroatoms. The molecule has 112 valence electrons. The predicted molar refractivity (Wildman–Crippen MR) is 86.0 cm³/mol. The number of likely N-dealkylation sites (tertiary alicyclic amines) is 1. The summed E-state index contributed by atoms with van der Waals surface area (Å²) in [5.41, 5.74) is 2.80. The van der Waals surface area contributed by atoms with E-state index >= 15 is 0 Å². The normalized spacial score (nSPS) is 19.8. The summed E-state index contributed by atoms with van der Waals surface area (Å²) < 4.78 is 1.90. The minimum absolute atomic E-state index is 0.721. The van der Waals surface area contributed by atoms with Crippen LogP contribution in [0.5, 0.6) is 0 Å². The van der Waals surface area contributed by atoms with Gasteiger partial charge in [-0.15, -0.1) is 0 Å². The smallest absolute Gasteiger partial charge is 0.0534 e. The summed E-state index contributed by atoms with van der Waals surface area (Å²) in [6.07, 6.45) is 10.7. The molecule has 3 rings (SSSR count). The Morgan fingerprint density at radius 1 is 1.14 bits per heavy atom. The summed E-state index contributed by atoms with van der Waals surface area (Å²) in [6.45, 7) is 2.28. The van der Waals surface area contributed by atoms with E-state index in [1.54, 1.807) is 0 Å². The Morgan fingerprint density at radius 2 is 2.00 bits per heavy atom. The Bertz CT molecular complexity index is 547. The zero-order valence-corrected chi connectivity index (χ0v) is 12.9. The van der Waals surface area contributed by atoms with Gasteiger partial charge in [0.1, 0.15) is 0 Å². The van der Waals surface area contributed by atoms with Gasteiger partial charge in [-0.1, -0.05) is 36.8 Å². The van der Waals surface area contributed by atoms with Gasteiger partial charge in [-0.2, -0.15) is 5.10 Å². The molecule has 1 aliphatic heterocycles. The molecule has 1 aromatic heterocycles. The van der Waals surface area contributed by atoms with Gasteiger partial charge in [-0.05, 0) is 37.8 Å². The van der Waals surface area contributed by atoms with Crippen LogP contribution >= 0.6 is 0 Å². The van der Waals surface area contributed by atoms with E-state index in [4.69, 9.17) is 0 Å². The van der Waals surface area contributed by atoms with Crippen LogP contribution in [0.4, 0.5) is 0 Å². The SMILES string of the molecule is Cn1cc(CN2CCCC[C@@H]2CCc2ccccc2)cn1. The molecular weight excluding hydrogens is 258 g/mol. The van der Waals surface area contributed by atoms with Crippen molar-refractivity contribution in [2.75, 3.05) is 6.54 Å². The molecule has 1 fully saturated rings. The van der Waals surface area contributed by atoms with E-state index in [0.29, 0.717) is 0 Å². The quantitative estimate of drug-likeness (QED) is 0.838. The summed E-state index contributed by atoms with van der Waals surface area (Å²) in [5, 5.41) is 4.29. The summed E-state index contributed by atoms with van der Waals surface area (Å²) in [6, 6.07) is 11.6. The van der Waals surface area contributed by atoms with Crippen molar-refractivity contribution >= 4 is 0 Å². The first-order valence-electron chi connectivity index (χ1n) is 8.07. The number of aryl methyl sites for hydroxylation is 2. The highest BCUT2D eigenvalue weighted by atomic mass is 15.2. The van der Waals surface area contributed by atoms with Gasteiger partial charge in [-0.25, -0.2) is 0 Å². The number of piperidine rings is 1. The van der Waals surface area contributed by atoms with Crippen LogP contribution in [-0.4, -0.2) is 27.3 Å². The molecule has 0 spiro atoms. The van der Waals surface area contributed by atoms with Crippen molar-refractivity contribution in [2.24, 2.45) is 7.05 Å². The van der Waals surface area contributed by atoms with E-state index in [2.05, 4.69) is 46.5 Å². The molecule has 0 aliphatic carbocycles.